The Bertz CT molecular complexity index is 146. The van der Waals surface area contributed by atoms with Crippen molar-refractivity contribution in [1.82, 2.24) is 0 Å². The first-order chi connectivity index (χ1) is 7.31. The van der Waals surface area contributed by atoms with Crippen LogP contribution in [0.25, 0.3) is 0 Å². The van der Waals surface area contributed by atoms with E-state index in [1.54, 1.807) is 0 Å². The number of esters is 1. The lowest BCUT2D eigenvalue weighted by molar-refractivity contribution is -0.144. The first-order valence-electron chi connectivity index (χ1n) is 6.04. The van der Waals surface area contributed by atoms with Gasteiger partial charge in [-0.3, -0.25) is 4.79 Å². The number of hydrogen-bond donors (Lipinski definition) is 0. The molecule has 0 unspecified atom stereocenters. The smallest absolute Gasteiger partial charge is 0.305 e. The highest BCUT2D eigenvalue weighted by molar-refractivity contribution is 5.69. The molecule has 3 nitrogen and oxygen atoms in total. The van der Waals surface area contributed by atoms with Crippen LogP contribution >= 0.6 is 0 Å². The number of rotatable bonds is 10. The first kappa shape index (κ1) is 14.4. The summed E-state index contributed by atoms with van der Waals surface area (Å²) in [7, 11) is 0. The van der Waals surface area contributed by atoms with E-state index in [0.29, 0.717) is 26.2 Å². The second-order valence-corrected chi connectivity index (χ2v) is 3.58. The second-order valence-electron chi connectivity index (χ2n) is 3.58. The van der Waals surface area contributed by atoms with E-state index in [-0.39, 0.29) is 5.97 Å². The predicted molar refractivity (Wildman–Crippen MR) is 60.8 cm³/mol. The molecule has 0 N–H and O–H groups in total. The maximum atomic E-state index is 11.2. The highest BCUT2D eigenvalue weighted by atomic mass is 16.5. The zero-order valence-corrected chi connectivity index (χ0v) is 10.1. The van der Waals surface area contributed by atoms with E-state index in [4.69, 9.17) is 9.47 Å². The minimum Gasteiger partial charge on any atom is -0.466 e. The van der Waals surface area contributed by atoms with Crippen LogP contribution in [0.2, 0.25) is 0 Å². The third kappa shape index (κ3) is 11.4. The lowest BCUT2D eigenvalue weighted by atomic mass is 10.2. The van der Waals surface area contributed by atoms with Gasteiger partial charge in [-0.25, -0.2) is 0 Å². The van der Waals surface area contributed by atoms with Crippen LogP contribution in [-0.2, 0) is 14.3 Å². The average molecular weight is 216 g/mol. The van der Waals surface area contributed by atoms with Crippen LogP contribution in [0.1, 0.15) is 52.4 Å². The number of ether oxygens (including phenoxy) is 2. The fraction of sp³-hybridized carbons (Fsp3) is 0.917. The molecule has 0 aliphatic carbocycles. The lowest BCUT2D eigenvalue weighted by Crippen LogP contribution is -2.07. The Labute approximate surface area is 93.1 Å². The van der Waals surface area contributed by atoms with Crippen LogP contribution < -0.4 is 0 Å². The molecule has 0 aromatic rings. The van der Waals surface area contributed by atoms with E-state index in [0.717, 1.165) is 19.3 Å². The van der Waals surface area contributed by atoms with E-state index >= 15 is 0 Å². The zero-order chi connectivity index (χ0) is 11.4. The van der Waals surface area contributed by atoms with Crippen LogP contribution in [0, 0.1) is 0 Å². The Morgan fingerprint density at radius 1 is 1.00 bits per heavy atom. The van der Waals surface area contributed by atoms with Crippen LogP contribution in [0.15, 0.2) is 0 Å². The quantitative estimate of drug-likeness (QED) is 0.416. The monoisotopic (exact) mass is 216 g/mol. The lowest BCUT2D eigenvalue weighted by Gasteiger charge is -2.04. The van der Waals surface area contributed by atoms with Gasteiger partial charge in [-0.1, -0.05) is 26.2 Å². The molecule has 0 aromatic carbocycles. The van der Waals surface area contributed by atoms with E-state index in [9.17, 15) is 4.79 Å². The molecule has 15 heavy (non-hydrogen) atoms. The zero-order valence-electron chi connectivity index (χ0n) is 10.1. The summed E-state index contributed by atoms with van der Waals surface area (Å²) in [5.74, 6) is -0.0915. The molecule has 0 aliphatic rings. The van der Waals surface area contributed by atoms with Crippen molar-refractivity contribution >= 4 is 5.97 Å². The topological polar surface area (TPSA) is 35.5 Å². The molecule has 0 spiro atoms. The maximum Gasteiger partial charge on any atom is 0.305 e. The fourth-order valence-corrected chi connectivity index (χ4v) is 1.25. The summed E-state index contributed by atoms with van der Waals surface area (Å²) in [6.07, 6.45) is 5.83. The molecule has 0 saturated heterocycles. The van der Waals surface area contributed by atoms with Crippen molar-refractivity contribution in [3.8, 4) is 0 Å². The van der Waals surface area contributed by atoms with Gasteiger partial charge in [-0.15, -0.1) is 0 Å². The molecule has 0 aromatic heterocycles. The van der Waals surface area contributed by atoms with Gasteiger partial charge in [0.1, 0.15) is 0 Å². The Kier molecular flexibility index (Phi) is 11.1. The molecule has 0 fully saturated rings. The largest absolute Gasteiger partial charge is 0.466 e. The molecule has 0 radical (unpaired) electrons. The van der Waals surface area contributed by atoms with Crippen LogP contribution in [-0.4, -0.2) is 25.8 Å². The van der Waals surface area contributed by atoms with Gasteiger partial charge < -0.3 is 9.47 Å². The van der Waals surface area contributed by atoms with E-state index in [1.807, 2.05) is 6.92 Å². The standard InChI is InChI=1S/C12H24O3/c1-3-5-6-7-11-15-12(13)9-8-10-14-4-2/h3-11H2,1-2H3. The Morgan fingerprint density at radius 2 is 1.80 bits per heavy atom. The molecule has 0 rings (SSSR count). The normalized spacial score (nSPS) is 10.3. The third-order valence-corrected chi connectivity index (χ3v) is 2.13. The highest BCUT2D eigenvalue weighted by Crippen LogP contribution is 2.00. The average Bonchev–Trinajstić information content (AvgIpc) is 2.24. The van der Waals surface area contributed by atoms with Crippen molar-refractivity contribution in [1.29, 1.82) is 0 Å². The molecular formula is C12H24O3. The van der Waals surface area contributed by atoms with Gasteiger partial charge in [-0.2, -0.15) is 0 Å². The summed E-state index contributed by atoms with van der Waals surface area (Å²) in [4.78, 5) is 11.2. The predicted octanol–water partition coefficient (Wildman–Crippen LogP) is 2.93. The molecule has 0 atom stereocenters. The van der Waals surface area contributed by atoms with Gasteiger partial charge in [0.25, 0.3) is 0 Å². The molecule has 0 heterocycles. The van der Waals surface area contributed by atoms with Gasteiger partial charge >= 0.3 is 5.97 Å². The third-order valence-electron chi connectivity index (χ3n) is 2.13. The van der Waals surface area contributed by atoms with Crippen molar-refractivity contribution in [2.75, 3.05) is 19.8 Å². The van der Waals surface area contributed by atoms with E-state index < -0.39 is 0 Å². The summed E-state index contributed by atoms with van der Waals surface area (Å²) >= 11 is 0. The van der Waals surface area contributed by atoms with Gasteiger partial charge in [-0.05, 0) is 19.8 Å². The number of carbonyl (C=O) groups excluding carboxylic acids is 1. The summed E-state index contributed by atoms with van der Waals surface area (Å²) in [5.41, 5.74) is 0. The van der Waals surface area contributed by atoms with Gasteiger partial charge in [0.2, 0.25) is 0 Å². The maximum absolute atomic E-state index is 11.2. The summed E-state index contributed by atoms with van der Waals surface area (Å²) in [6.45, 7) is 6.06. The first-order valence-corrected chi connectivity index (χ1v) is 6.04. The minimum atomic E-state index is -0.0915. The second kappa shape index (κ2) is 11.5. The molecule has 90 valence electrons. The molecule has 0 aliphatic heterocycles. The summed E-state index contributed by atoms with van der Waals surface area (Å²) in [6, 6.07) is 0. The molecule has 0 amide bonds. The Hall–Kier alpha value is -0.570. The molecule has 3 heteroatoms. The van der Waals surface area contributed by atoms with E-state index in [1.165, 1.54) is 12.8 Å². The fourth-order valence-electron chi connectivity index (χ4n) is 1.25. The van der Waals surface area contributed by atoms with Crippen molar-refractivity contribution in [2.24, 2.45) is 0 Å². The van der Waals surface area contributed by atoms with E-state index in [2.05, 4.69) is 6.92 Å². The molecule has 0 saturated carbocycles. The summed E-state index contributed by atoms with van der Waals surface area (Å²) in [5, 5.41) is 0. The Balaban J connectivity index is 3.11. The summed E-state index contributed by atoms with van der Waals surface area (Å²) < 4.78 is 10.2. The van der Waals surface area contributed by atoms with Gasteiger partial charge in [0.15, 0.2) is 0 Å². The minimum absolute atomic E-state index is 0.0915. The highest BCUT2D eigenvalue weighted by Gasteiger charge is 2.01. The van der Waals surface area contributed by atoms with Gasteiger partial charge in [0.05, 0.1) is 6.61 Å². The molecular weight excluding hydrogens is 192 g/mol. The Morgan fingerprint density at radius 3 is 2.47 bits per heavy atom. The van der Waals surface area contributed by atoms with Crippen molar-refractivity contribution in [2.45, 2.75) is 52.4 Å². The van der Waals surface area contributed by atoms with Gasteiger partial charge in [0, 0.05) is 19.6 Å². The van der Waals surface area contributed by atoms with Crippen LogP contribution in [0.3, 0.4) is 0 Å². The van der Waals surface area contributed by atoms with Crippen molar-refractivity contribution in [3.63, 3.8) is 0 Å². The number of hydrogen-bond acceptors (Lipinski definition) is 3. The van der Waals surface area contributed by atoms with Crippen LogP contribution in [0.4, 0.5) is 0 Å². The van der Waals surface area contributed by atoms with Crippen LogP contribution in [0.5, 0.6) is 0 Å². The number of carbonyl (C=O) groups is 1. The van der Waals surface area contributed by atoms with Crippen molar-refractivity contribution in [3.05, 3.63) is 0 Å². The SMILES string of the molecule is CCCCCCOC(=O)CCCOCC. The van der Waals surface area contributed by atoms with Crippen molar-refractivity contribution < 1.29 is 14.3 Å². The number of unbranched alkanes of at least 4 members (excludes halogenated alkanes) is 3. The molecule has 0 bridgehead atoms.